The first kappa shape index (κ1) is 53.6. The molecule has 5 heteroatoms. The van der Waals surface area contributed by atoms with Crippen molar-refractivity contribution < 1.29 is 24.2 Å². The molecule has 0 rings (SSSR count). The lowest BCUT2D eigenvalue weighted by molar-refractivity contribution is -0.161. The highest BCUT2D eigenvalue weighted by molar-refractivity contribution is 5.70. The normalized spacial score (nSPS) is 12.7. The van der Waals surface area contributed by atoms with Crippen LogP contribution in [0.4, 0.5) is 0 Å². The monoisotopic (exact) mass is 783 g/mol. The molecule has 0 radical (unpaired) electrons. The Balaban J connectivity index is 3.49. The molecule has 0 spiro atoms. The second kappa shape index (κ2) is 47.0. The van der Waals surface area contributed by atoms with Gasteiger partial charge in [0.05, 0.1) is 6.61 Å². The van der Waals surface area contributed by atoms with Gasteiger partial charge in [0.25, 0.3) is 0 Å². The Hall–Kier alpha value is -2.40. The number of hydrogen-bond donors (Lipinski definition) is 1. The molecule has 0 saturated heterocycles. The zero-order valence-electron chi connectivity index (χ0n) is 36.9. The molecule has 5 nitrogen and oxygen atoms in total. The molecule has 0 heterocycles. The highest BCUT2D eigenvalue weighted by atomic mass is 16.6. The summed E-state index contributed by atoms with van der Waals surface area (Å²) in [5.74, 6) is -0.606. The summed E-state index contributed by atoms with van der Waals surface area (Å²) in [5.41, 5.74) is 0. The van der Waals surface area contributed by atoms with E-state index < -0.39 is 6.10 Å². The molecule has 0 aromatic rings. The summed E-state index contributed by atoms with van der Waals surface area (Å²) >= 11 is 0. The minimum absolute atomic E-state index is 0.0740. The molecule has 0 fully saturated rings. The van der Waals surface area contributed by atoms with Crippen molar-refractivity contribution in [1.82, 2.24) is 0 Å². The van der Waals surface area contributed by atoms with E-state index in [0.717, 1.165) is 70.6 Å². The third kappa shape index (κ3) is 44.3. The van der Waals surface area contributed by atoms with Gasteiger partial charge in [0.1, 0.15) is 6.61 Å². The first-order valence-electron chi connectivity index (χ1n) is 23.8. The molecule has 0 aliphatic carbocycles. The summed E-state index contributed by atoms with van der Waals surface area (Å²) in [6.45, 7) is 4.05. The smallest absolute Gasteiger partial charge is 0.306 e. The van der Waals surface area contributed by atoms with Crippen molar-refractivity contribution >= 4 is 11.9 Å². The number of ether oxygens (including phenoxy) is 2. The zero-order valence-corrected chi connectivity index (χ0v) is 36.9. The molecule has 0 amide bonds. The van der Waals surface area contributed by atoms with Crippen molar-refractivity contribution in [1.29, 1.82) is 0 Å². The Kier molecular flexibility index (Phi) is 45.0. The van der Waals surface area contributed by atoms with Gasteiger partial charge >= 0.3 is 11.9 Å². The van der Waals surface area contributed by atoms with Crippen LogP contribution in [-0.4, -0.2) is 36.4 Å². The maximum Gasteiger partial charge on any atom is 0.306 e. The summed E-state index contributed by atoms with van der Waals surface area (Å²) in [7, 11) is 0. The van der Waals surface area contributed by atoms with Crippen LogP contribution in [0.5, 0.6) is 0 Å². The van der Waals surface area contributed by atoms with E-state index in [-0.39, 0.29) is 25.2 Å². The number of aliphatic hydroxyl groups is 1. The number of rotatable bonds is 43. The molecule has 1 atom stereocenters. The van der Waals surface area contributed by atoms with Crippen LogP contribution in [0.1, 0.15) is 232 Å². The van der Waals surface area contributed by atoms with Crippen LogP contribution in [-0.2, 0) is 19.1 Å². The van der Waals surface area contributed by atoms with Crippen LogP contribution in [0, 0.1) is 0 Å². The molecule has 0 saturated carbocycles. The molecule has 56 heavy (non-hydrogen) atoms. The average molecular weight is 783 g/mol. The van der Waals surface area contributed by atoms with Gasteiger partial charge in [-0.15, -0.1) is 0 Å². The number of unbranched alkanes of at least 4 members (excludes halogenated alkanes) is 25. The van der Waals surface area contributed by atoms with Gasteiger partial charge in [-0.2, -0.15) is 0 Å². The van der Waals surface area contributed by atoms with Crippen LogP contribution in [0.3, 0.4) is 0 Å². The third-order valence-electron chi connectivity index (χ3n) is 10.3. The molecule has 0 aliphatic rings. The number of carbonyl (C=O) groups is 2. The fraction of sp³-hybridized carbons (Fsp3) is 0.765. The number of esters is 2. The SMILES string of the molecule is CCC/C=C\C/C=C\CCCCCCCC(=O)OCC(CO)OC(=O)CCCCCCCCCCCCCCCC/C=C\C/C=C\C/C=C\CCCCCCC. The standard InChI is InChI=1S/C51H90O5/c1-3-5-7-9-11-13-15-17-18-19-20-21-22-23-24-25-26-27-28-29-30-31-32-34-36-38-40-42-44-46-51(54)56-49(47-52)48-55-50(53)45-43-41-39-37-35-33-16-14-12-10-8-6-4-2/h8,10,14-17,19-20,22-23,49,52H,3-7,9,11-13,18,21,24-48H2,1-2H3/b10-8-,16-14-,17-15-,20-19-,23-22-. The number of allylic oxidation sites excluding steroid dienone is 10. The van der Waals surface area contributed by atoms with Crippen LogP contribution in [0.25, 0.3) is 0 Å². The van der Waals surface area contributed by atoms with Crippen LogP contribution >= 0.6 is 0 Å². The van der Waals surface area contributed by atoms with E-state index in [1.54, 1.807) is 0 Å². The average Bonchev–Trinajstić information content (AvgIpc) is 3.20. The van der Waals surface area contributed by atoms with Gasteiger partial charge in [0, 0.05) is 12.8 Å². The van der Waals surface area contributed by atoms with Gasteiger partial charge in [-0.1, -0.05) is 203 Å². The third-order valence-corrected chi connectivity index (χ3v) is 10.3. The molecule has 0 bridgehead atoms. The van der Waals surface area contributed by atoms with Crippen LogP contribution < -0.4 is 0 Å². The quantitative estimate of drug-likeness (QED) is 0.0379. The lowest BCUT2D eigenvalue weighted by Crippen LogP contribution is -2.28. The Labute approximate surface area is 347 Å². The summed E-state index contributed by atoms with van der Waals surface area (Å²) in [6.07, 6.45) is 61.7. The van der Waals surface area contributed by atoms with Crippen molar-refractivity contribution in [3.8, 4) is 0 Å². The summed E-state index contributed by atoms with van der Waals surface area (Å²) in [4.78, 5) is 24.3. The van der Waals surface area contributed by atoms with E-state index in [0.29, 0.717) is 12.8 Å². The predicted molar refractivity (Wildman–Crippen MR) is 242 cm³/mol. The molecule has 0 aromatic carbocycles. The largest absolute Gasteiger partial charge is 0.462 e. The topological polar surface area (TPSA) is 72.8 Å². The first-order valence-corrected chi connectivity index (χ1v) is 23.8. The van der Waals surface area contributed by atoms with Gasteiger partial charge in [0.2, 0.25) is 0 Å². The highest BCUT2D eigenvalue weighted by Crippen LogP contribution is 2.15. The van der Waals surface area contributed by atoms with Crippen molar-refractivity contribution in [3.63, 3.8) is 0 Å². The fourth-order valence-corrected chi connectivity index (χ4v) is 6.66. The molecule has 1 N–H and O–H groups in total. The Morgan fingerprint density at radius 2 is 0.750 bits per heavy atom. The molecule has 0 aromatic heterocycles. The second-order valence-electron chi connectivity index (χ2n) is 15.8. The molecule has 324 valence electrons. The van der Waals surface area contributed by atoms with Gasteiger partial charge in [-0.3, -0.25) is 9.59 Å². The number of aliphatic hydroxyl groups excluding tert-OH is 1. The van der Waals surface area contributed by atoms with Crippen molar-refractivity contribution in [2.75, 3.05) is 13.2 Å². The Morgan fingerprint density at radius 3 is 1.14 bits per heavy atom. The molecule has 1 unspecified atom stereocenters. The van der Waals surface area contributed by atoms with E-state index in [9.17, 15) is 14.7 Å². The minimum Gasteiger partial charge on any atom is -0.462 e. The lowest BCUT2D eigenvalue weighted by atomic mass is 10.0. The maximum atomic E-state index is 12.2. The van der Waals surface area contributed by atoms with Gasteiger partial charge in [-0.05, 0) is 77.0 Å². The highest BCUT2D eigenvalue weighted by Gasteiger charge is 2.16. The summed E-state index contributed by atoms with van der Waals surface area (Å²) < 4.78 is 10.6. The van der Waals surface area contributed by atoms with Crippen molar-refractivity contribution in [2.45, 2.75) is 238 Å². The molecular weight excluding hydrogens is 693 g/mol. The summed E-state index contributed by atoms with van der Waals surface area (Å²) in [5, 5.41) is 9.59. The van der Waals surface area contributed by atoms with E-state index in [1.807, 2.05) is 0 Å². The van der Waals surface area contributed by atoms with Crippen LogP contribution in [0.2, 0.25) is 0 Å². The fourth-order valence-electron chi connectivity index (χ4n) is 6.66. The van der Waals surface area contributed by atoms with Crippen LogP contribution in [0.15, 0.2) is 60.8 Å². The van der Waals surface area contributed by atoms with Gasteiger partial charge in [0.15, 0.2) is 6.10 Å². The van der Waals surface area contributed by atoms with Crippen molar-refractivity contribution in [2.24, 2.45) is 0 Å². The Morgan fingerprint density at radius 1 is 0.411 bits per heavy atom. The van der Waals surface area contributed by atoms with Gasteiger partial charge in [-0.25, -0.2) is 0 Å². The lowest BCUT2D eigenvalue weighted by Gasteiger charge is -2.15. The first-order chi connectivity index (χ1) is 27.6. The summed E-state index contributed by atoms with van der Waals surface area (Å²) in [6, 6.07) is 0. The van der Waals surface area contributed by atoms with E-state index >= 15 is 0 Å². The number of hydrogen-bond acceptors (Lipinski definition) is 5. The predicted octanol–water partition coefficient (Wildman–Crippen LogP) is 15.5. The molecular formula is C51H90O5. The van der Waals surface area contributed by atoms with Crippen molar-refractivity contribution in [3.05, 3.63) is 60.8 Å². The Bertz CT molecular complexity index is 977. The second-order valence-corrected chi connectivity index (χ2v) is 15.8. The van der Waals surface area contributed by atoms with Gasteiger partial charge < -0.3 is 14.6 Å². The maximum absolute atomic E-state index is 12.2. The van der Waals surface area contributed by atoms with E-state index in [1.165, 1.54) is 135 Å². The zero-order chi connectivity index (χ0) is 40.7. The molecule has 0 aliphatic heterocycles. The van der Waals surface area contributed by atoms with E-state index in [2.05, 4.69) is 74.6 Å². The number of carbonyl (C=O) groups excluding carboxylic acids is 2. The minimum atomic E-state index is -0.778. The van der Waals surface area contributed by atoms with E-state index in [4.69, 9.17) is 9.47 Å².